The summed E-state index contributed by atoms with van der Waals surface area (Å²) in [7, 11) is 3.35. The van der Waals surface area contributed by atoms with Crippen molar-refractivity contribution in [3.05, 3.63) is 23.3 Å². The molecule has 0 aliphatic carbocycles. The van der Waals surface area contributed by atoms with Gasteiger partial charge < -0.3 is 28.9 Å². The number of rotatable bonds is 6. The molecule has 0 bridgehead atoms. The van der Waals surface area contributed by atoms with Gasteiger partial charge in [-0.15, -0.1) is 0 Å². The third-order valence-electron chi connectivity index (χ3n) is 6.12. The van der Waals surface area contributed by atoms with Crippen LogP contribution in [0.2, 0.25) is 0 Å². The smallest absolute Gasteiger partial charge is 0.277 e. The van der Waals surface area contributed by atoms with E-state index < -0.39 is 0 Å². The normalized spacial score (nSPS) is 27.6. The molecule has 0 radical (unpaired) electrons. The molecule has 29 heavy (non-hydrogen) atoms. The van der Waals surface area contributed by atoms with E-state index in [1.54, 1.807) is 19.1 Å². The van der Waals surface area contributed by atoms with Crippen molar-refractivity contribution in [2.45, 2.75) is 39.5 Å². The fourth-order valence-electron chi connectivity index (χ4n) is 4.50. The van der Waals surface area contributed by atoms with Crippen molar-refractivity contribution < 1.29 is 28.8 Å². The molecule has 162 valence electrons. The Morgan fingerprint density at radius 1 is 1.03 bits per heavy atom. The number of nitrogens with one attached hydrogen (secondary N) is 2. The quantitative estimate of drug-likeness (QED) is 0.631. The maximum Gasteiger partial charge on any atom is 0.277 e. The zero-order chi connectivity index (χ0) is 21.0. The number of aryl methyl sites for hydroxylation is 1. The number of hydrogen-bond donors (Lipinski definition) is 2. The zero-order valence-electron chi connectivity index (χ0n) is 18.5. The van der Waals surface area contributed by atoms with Crippen molar-refractivity contribution >= 4 is 5.91 Å². The Kier molecular flexibility index (Phi) is 7.38. The lowest BCUT2D eigenvalue weighted by Gasteiger charge is -2.36. The first-order valence-electron chi connectivity index (χ1n) is 10.7. The van der Waals surface area contributed by atoms with Gasteiger partial charge in [0.15, 0.2) is 18.0 Å². The van der Waals surface area contributed by atoms with Crippen molar-refractivity contribution in [1.82, 2.24) is 4.90 Å². The number of amides is 1. The molecule has 2 fully saturated rings. The summed E-state index contributed by atoms with van der Waals surface area (Å²) in [6.45, 7) is 13.4. The van der Waals surface area contributed by atoms with Crippen LogP contribution in [0, 0.1) is 6.92 Å². The van der Waals surface area contributed by atoms with Gasteiger partial charge in [-0.25, -0.2) is 0 Å². The first-order chi connectivity index (χ1) is 13.9. The summed E-state index contributed by atoms with van der Waals surface area (Å²) >= 11 is 0. The van der Waals surface area contributed by atoms with Gasteiger partial charge in [0.2, 0.25) is 0 Å². The van der Waals surface area contributed by atoms with Crippen LogP contribution in [-0.4, -0.2) is 83.0 Å². The first-order valence-corrected chi connectivity index (χ1v) is 10.7. The Hall–Kier alpha value is -1.83. The predicted octanol–water partition coefficient (Wildman–Crippen LogP) is -1.07. The molecule has 0 saturated carbocycles. The minimum absolute atomic E-state index is 0.128. The highest BCUT2D eigenvalue weighted by molar-refractivity contribution is 5.77. The summed E-state index contributed by atoms with van der Waals surface area (Å²) < 4.78 is 16.6. The fraction of sp³-hybridized carbons (Fsp3) is 0.682. The predicted molar refractivity (Wildman–Crippen MR) is 111 cm³/mol. The van der Waals surface area contributed by atoms with Crippen molar-refractivity contribution in [3.63, 3.8) is 0 Å². The molecule has 7 nitrogen and oxygen atoms in total. The Morgan fingerprint density at radius 3 is 2.17 bits per heavy atom. The van der Waals surface area contributed by atoms with Crippen LogP contribution in [0.1, 0.15) is 25.0 Å². The Balaban J connectivity index is 1.50. The van der Waals surface area contributed by atoms with Gasteiger partial charge in [-0.3, -0.25) is 4.79 Å². The Labute approximate surface area is 174 Å². The molecule has 0 unspecified atom stereocenters. The number of nitrogens with zero attached hydrogens (tertiary/aromatic N) is 1. The summed E-state index contributed by atoms with van der Waals surface area (Å²) in [5, 5.41) is 0. The van der Waals surface area contributed by atoms with E-state index in [0.717, 1.165) is 44.2 Å². The molecule has 2 aliphatic heterocycles. The van der Waals surface area contributed by atoms with Crippen molar-refractivity contribution in [2.75, 3.05) is 60.0 Å². The molecule has 1 aromatic rings. The Morgan fingerprint density at radius 2 is 1.59 bits per heavy atom. The summed E-state index contributed by atoms with van der Waals surface area (Å²) in [5.74, 6) is 1.83. The zero-order valence-corrected chi connectivity index (χ0v) is 18.5. The van der Waals surface area contributed by atoms with Crippen LogP contribution >= 0.6 is 0 Å². The first kappa shape index (κ1) is 21.9. The van der Waals surface area contributed by atoms with Crippen LogP contribution in [0.5, 0.6) is 11.5 Å². The number of methoxy groups -OCH3 is 2. The standard InChI is InChI=1S/C22H35N3O4/c1-16-10-20(27-4)21(28-5)11-19(16)14-23-6-8-24(9-7-23)15-22(26)25-12-17(2)29-18(3)13-25/h10-11,17-18H,6-9,12-15H2,1-5H3/p+2/t17-,18-/m1/s1. The highest BCUT2D eigenvalue weighted by Gasteiger charge is 2.30. The van der Waals surface area contributed by atoms with Gasteiger partial charge in [0.25, 0.3) is 5.91 Å². The highest BCUT2D eigenvalue weighted by atomic mass is 16.5. The third kappa shape index (κ3) is 5.62. The lowest BCUT2D eigenvalue weighted by Crippen LogP contribution is -3.28. The van der Waals surface area contributed by atoms with Crippen LogP contribution < -0.4 is 19.3 Å². The maximum atomic E-state index is 12.7. The second-order valence-electron chi connectivity index (χ2n) is 8.54. The molecular formula is C22H37N3O4+2. The third-order valence-corrected chi connectivity index (χ3v) is 6.12. The monoisotopic (exact) mass is 407 g/mol. The number of morpholine rings is 1. The van der Waals surface area contributed by atoms with E-state index in [9.17, 15) is 4.79 Å². The van der Waals surface area contributed by atoms with Crippen LogP contribution in [0.4, 0.5) is 0 Å². The number of hydrogen-bond acceptors (Lipinski definition) is 4. The molecular weight excluding hydrogens is 370 g/mol. The average Bonchev–Trinajstić information content (AvgIpc) is 2.69. The Bertz CT molecular complexity index is 694. The van der Waals surface area contributed by atoms with Crippen LogP contribution in [0.25, 0.3) is 0 Å². The molecule has 3 rings (SSSR count). The van der Waals surface area contributed by atoms with Gasteiger partial charge >= 0.3 is 0 Å². The summed E-state index contributed by atoms with van der Waals surface area (Å²) in [6, 6.07) is 4.16. The van der Waals surface area contributed by atoms with Crippen molar-refractivity contribution in [2.24, 2.45) is 0 Å². The van der Waals surface area contributed by atoms with Gasteiger partial charge in [-0.1, -0.05) is 0 Å². The van der Waals surface area contributed by atoms with E-state index in [2.05, 4.69) is 19.1 Å². The molecule has 2 atom stereocenters. The van der Waals surface area contributed by atoms with E-state index in [1.807, 2.05) is 18.7 Å². The van der Waals surface area contributed by atoms with E-state index in [4.69, 9.17) is 14.2 Å². The topological polar surface area (TPSA) is 56.9 Å². The molecule has 0 spiro atoms. The van der Waals surface area contributed by atoms with E-state index in [0.29, 0.717) is 19.6 Å². The SMILES string of the molecule is COc1cc(C)c(C[NH+]2CC[NH+](CC(=O)N3C[C@@H](C)O[C@H](C)C3)CC2)cc1OC. The van der Waals surface area contributed by atoms with Gasteiger partial charge in [-0.05, 0) is 38.5 Å². The molecule has 1 amide bonds. The number of piperazine rings is 1. The lowest BCUT2D eigenvalue weighted by molar-refractivity contribution is -1.02. The molecule has 7 heteroatoms. The van der Waals surface area contributed by atoms with E-state index in [1.165, 1.54) is 16.0 Å². The molecule has 2 aliphatic rings. The second kappa shape index (κ2) is 9.78. The fourth-order valence-corrected chi connectivity index (χ4v) is 4.50. The largest absolute Gasteiger partial charge is 0.493 e. The second-order valence-corrected chi connectivity index (χ2v) is 8.54. The summed E-state index contributed by atoms with van der Waals surface area (Å²) in [6.07, 6.45) is 0.257. The van der Waals surface area contributed by atoms with Gasteiger partial charge in [-0.2, -0.15) is 0 Å². The molecule has 0 aromatic heterocycles. The minimum atomic E-state index is 0.128. The number of ether oxygens (including phenoxy) is 3. The van der Waals surface area contributed by atoms with E-state index in [-0.39, 0.29) is 18.1 Å². The van der Waals surface area contributed by atoms with Crippen LogP contribution in [-0.2, 0) is 16.1 Å². The average molecular weight is 408 g/mol. The van der Waals surface area contributed by atoms with E-state index >= 15 is 0 Å². The molecule has 2 saturated heterocycles. The van der Waals surface area contributed by atoms with Gasteiger partial charge in [0, 0.05) is 18.7 Å². The number of benzene rings is 1. The molecule has 2 N–H and O–H groups in total. The van der Waals surface area contributed by atoms with Crippen LogP contribution in [0.15, 0.2) is 12.1 Å². The highest BCUT2D eigenvalue weighted by Crippen LogP contribution is 2.29. The maximum absolute atomic E-state index is 12.7. The molecule has 2 heterocycles. The van der Waals surface area contributed by atoms with Crippen molar-refractivity contribution in [3.8, 4) is 11.5 Å². The molecule has 1 aromatic carbocycles. The number of carbonyl (C=O) groups excluding carboxylic acids is 1. The van der Waals surface area contributed by atoms with Crippen molar-refractivity contribution in [1.29, 1.82) is 0 Å². The van der Waals surface area contributed by atoms with Crippen LogP contribution in [0.3, 0.4) is 0 Å². The summed E-state index contributed by atoms with van der Waals surface area (Å²) in [4.78, 5) is 17.7. The van der Waals surface area contributed by atoms with Gasteiger partial charge in [0.05, 0.1) is 26.4 Å². The summed E-state index contributed by atoms with van der Waals surface area (Å²) in [5.41, 5.74) is 2.53. The number of carbonyl (C=O) groups is 1. The minimum Gasteiger partial charge on any atom is -0.493 e. The lowest BCUT2D eigenvalue weighted by atomic mass is 10.1. The van der Waals surface area contributed by atoms with Gasteiger partial charge in [0.1, 0.15) is 32.7 Å². The number of quaternary nitrogens is 2.